The number of nitrogens with zero attached hydrogens (tertiary/aromatic N) is 2. The summed E-state index contributed by atoms with van der Waals surface area (Å²) in [4.78, 5) is 46.5. The number of benzene rings is 1. The number of nitrogens with one attached hydrogen (secondary N) is 2. The van der Waals surface area contributed by atoms with E-state index in [4.69, 9.17) is 0 Å². The van der Waals surface area contributed by atoms with Gasteiger partial charge in [-0.3, -0.25) is 14.4 Å². The van der Waals surface area contributed by atoms with Crippen LogP contribution in [-0.4, -0.2) is 46.6 Å². The van der Waals surface area contributed by atoms with Crippen LogP contribution in [0.4, 0.5) is 5.82 Å². The summed E-state index contributed by atoms with van der Waals surface area (Å²) >= 11 is 0. The number of pyridine rings is 1. The summed E-state index contributed by atoms with van der Waals surface area (Å²) in [6.07, 6.45) is 2.91. The smallest absolute Gasteiger partial charge is 0.226 e. The molecule has 164 valence electrons. The molecule has 2 N–H and O–H groups in total. The van der Waals surface area contributed by atoms with Crippen LogP contribution < -0.4 is 5.32 Å². The van der Waals surface area contributed by atoms with Crippen LogP contribution in [0.3, 0.4) is 0 Å². The lowest BCUT2D eigenvalue weighted by Gasteiger charge is -2.24. The molecule has 2 amide bonds. The molecule has 1 aliphatic rings. The molecular formula is C25H26N4O3. The number of aromatic nitrogens is 2. The molecule has 0 radical (unpaired) electrons. The number of fused-ring (bicyclic) bond motifs is 1. The van der Waals surface area contributed by atoms with E-state index in [1.54, 1.807) is 31.3 Å². The zero-order chi connectivity index (χ0) is 22.8. The van der Waals surface area contributed by atoms with Crippen molar-refractivity contribution in [2.24, 2.45) is 5.92 Å². The molecule has 0 bridgehead atoms. The first-order chi connectivity index (χ1) is 15.3. The molecule has 1 unspecified atom stereocenters. The number of hydrogen-bond acceptors (Lipinski definition) is 4. The molecule has 1 aliphatic carbocycles. The fourth-order valence-electron chi connectivity index (χ4n) is 4.33. The average molecular weight is 431 g/mol. The SMILES string of the molecule is CC(=O)Nc1cc(-c2[nH]c3c(c2Cc2ccccc2)C(=O)CC(C(=O)N(C)C)C3)ccn1. The lowest BCUT2D eigenvalue weighted by Crippen LogP contribution is -2.35. The third-order valence-corrected chi connectivity index (χ3v) is 5.71. The van der Waals surface area contributed by atoms with Gasteiger partial charge in [0.25, 0.3) is 0 Å². The monoisotopic (exact) mass is 430 g/mol. The molecule has 2 heterocycles. The Labute approximate surface area is 186 Å². The predicted molar refractivity (Wildman–Crippen MR) is 122 cm³/mol. The van der Waals surface area contributed by atoms with Gasteiger partial charge < -0.3 is 15.2 Å². The predicted octanol–water partition coefficient (Wildman–Crippen LogP) is 3.46. The van der Waals surface area contributed by atoms with Crippen molar-refractivity contribution in [3.63, 3.8) is 0 Å². The van der Waals surface area contributed by atoms with Gasteiger partial charge in [-0.25, -0.2) is 4.98 Å². The van der Waals surface area contributed by atoms with Gasteiger partial charge in [0.15, 0.2) is 5.78 Å². The van der Waals surface area contributed by atoms with Crippen molar-refractivity contribution in [1.29, 1.82) is 0 Å². The minimum Gasteiger partial charge on any atom is -0.358 e. The zero-order valence-electron chi connectivity index (χ0n) is 18.4. The van der Waals surface area contributed by atoms with Crippen LogP contribution in [0, 0.1) is 5.92 Å². The fourth-order valence-corrected chi connectivity index (χ4v) is 4.33. The van der Waals surface area contributed by atoms with E-state index >= 15 is 0 Å². The average Bonchev–Trinajstić information content (AvgIpc) is 3.12. The highest BCUT2D eigenvalue weighted by Crippen LogP contribution is 2.36. The van der Waals surface area contributed by atoms with Crippen LogP contribution in [0.2, 0.25) is 0 Å². The Balaban J connectivity index is 1.81. The van der Waals surface area contributed by atoms with E-state index in [0.29, 0.717) is 24.2 Å². The fraction of sp³-hybridized carbons (Fsp3) is 0.280. The third kappa shape index (κ3) is 4.32. The second-order valence-corrected chi connectivity index (χ2v) is 8.37. The molecule has 0 saturated carbocycles. The van der Waals surface area contributed by atoms with E-state index in [0.717, 1.165) is 28.1 Å². The maximum atomic E-state index is 13.2. The van der Waals surface area contributed by atoms with Gasteiger partial charge in [-0.1, -0.05) is 30.3 Å². The highest BCUT2D eigenvalue weighted by molar-refractivity contribution is 6.04. The van der Waals surface area contributed by atoms with E-state index in [1.807, 2.05) is 36.4 Å². The highest BCUT2D eigenvalue weighted by Gasteiger charge is 2.35. The lowest BCUT2D eigenvalue weighted by molar-refractivity contribution is -0.133. The lowest BCUT2D eigenvalue weighted by atomic mass is 9.83. The van der Waals surface area contributed by atoms with Gasteiger partial charge in [0.2, 0.25) is 11.8 Å². The Morgan fingerprint density at radius 3 is 2.59 bits per heavy atom. The van der Waals surface area contributed by atoms with Gasteiger partial charge in [0.05, 0.1) is 11.6 Å². The number of hydrogen-bond donors (Lipinski definition) is 2. The van der Waals surface area contributed by atoms with Crippen molar-refractivity contribution < 1.29 is 14.4 Å². The van der Waals surface area contributed by atoms with E-state index in [1.165, 1.54) is 6.92 Å². The molecule has 1 atom stereocenters. The molecule has 32 heavy (non-hydrogen) atoms. The number of carbonyl (C=O) groups is 3. The molecular weight excluding hydrogens is 404 g/mol. The zero-order valence-corrected chi connectivity index (χ0v) is 18.4. The minimum absolute atomic E-state index is 0.0176. The molecule has 3 aromatic rings. The van der Waals surface area contributed by atoms with Gasteiger partial charge in [-0.2, -0.15) is 0 Å². The quantitative estimate of drug-likeness (QED) is 0.648. The standard InChI is InChI=1S/C25H26N4O3/c1-15(30)27-22-14-17(9-10-26-22)24-19(11-16-7-5-4-6-8-16)23-20(28-24)12-18(13-21(23)31)25(32)29(2)3/h4-10,14,18,28H,11-13H2,1-3H3,(H,26,27,30). The number of anilines is 1. The molecule has 0 spiro atoms. The molecule has 4 rings (SSSR count). The molecule has 0 fully saturated rings. The number of H-pyrrole nitrogens is 1. The Hall–Kier alpha value is -3.74. The number of carbonyl (C=O) groups excluding carboxylic acids is 3. The summed E-state index contributed by atoms with van der Waals surface area (Å²) in [5.74, 6) is -0.184. The van der Waals surface area contributed by atoms with E-state index in [2.05, 4.69) is 15.3 Å². The molecule has 7 heteroatoms. The van der Waals surface area contributed by atoms with Gasteiger partial charge >= 0.3 is 0 Å². The summed E-state index contributed by atoms with van der Waals surface area (Å²) in [7, 11) is 3.42. The van der Waals surface area contributed by atoms with Crippen molar-refractivity contribution in [1.82, 2.24) is 14.9 Å². The highest BCUT2D eigenvalue weighted by atomic mass is 16.2. The van der Waals surface area contributed by atoms with Gasteiger partial charge in [0.1, 0.15) is 5.82 Å². The second-order valence-electron chi connectivity index (χ2n) is 8.37. The van der Waals surface area contributed by atoms with E-state index in [9.17, 15) is 14.4 Å². The van der Waals surface area contributed by atoms with E-state index < -0.39 is 0 Å². The van der Waals surface area contributed by atoms with Crippen molar-refractivity contribution in [2.45, 2.75) is 26.2 Å². The number of Topliss-reactive ketones (excluding diaryl/α,β-unsaturated/α-hetero) is 1. The van der Waals surface area contributed by atoms with Crippen molar-refractivity contribution in [2.75, 3.05) is 19.4 Å². The van der Waals surface area contributed by atoms with Crippen molar-refractivity contribution >= 4 is 23.4 Å². The summed E-state index contributed by atoms with van der Waals surface area (Å²) in [5.41, 5.74) is 5.12. The third-order valence-electron chi connectivity index (χ3n) is 5.71. The largest absolute Gasteiger partial charge is 0.358 e. The first kappa shape index (κ1) is 21.5. The number of aromatic amines is 1. The Bertz CT molecular complexity index is 1180. The number of amides is 2. The van der Waals surface area contributed by atoms with Crippen LogP contribution in [0.1, 0.15) is 40.5 Å². The van der Waals surface area contributed by atoms with Crippen LogP contribution in [0.5, 0.6) is 0 Å². The van der Waals surface area contributed by atoms with Crippen molar-refractivity contribution in [3.05, 3.63) is 71.0 Å². The summed E-state index contributed by atoms with van der Waals surface area (Å²) < 4.78 is 0. The maximum absolute atomic E-state index is 13.2. The molecule has 0 aliphatic heterocycles. The maximum Gasteiger partial charge on any atom is 0.226 e. The number of ketones is 1. The Morgan fingerprint density at radius 2 is 1.91 bits per heavy atom. The van der Waals surface area contributed by atoms with Crippen LogP contribution in [0.25, 0.3) is 11.3 Å². The molecule has 0 saturated heterocycles. The minimum atomic E-state index is -0.367. The normalized spacial score (nSPS) is 15.2. The first-order valence-corrected chi connectivity index (χ1v) is 10.6. The molecule has 2 aromatic heterocycles. The summed E-state index contributed by atoms with van der Waals surface area (Å²) in [6.45, 7) is 1.43. The molecule has 1 aromatic carbocycles. The van der Waals surface area contributed by atoms with E-state index in [-0.39, 0.29) is 29.9 Å². The first-order valence-electron chi connectivity index (χ1n) is 10.6. The van der Waals surface area contributed by atoms with Gasteiger partial charge in [-0.05, 0) is 23.3 Å². The number of rotatable bonds is 5. The van der Waals surface area contributed by atoms with Gasteiger partial charge in [-0.15, -0.1) is 0 Å². The van der Waals surface area contributed by atoms with Crippen LogP contribution >= 0.6 is 0 Å². The summed E-state index contributed by atoms with van der Waals surface area (Å²) in [5, 5.41) is 2.71. The van der Waals surface area contributed by atoms with Crippen LogP contribution in [0.15, 0.2) is 48.7 Å². The van der Waals surface area contributed by atoms with Crippen LogP contribution in [-0.2, 0) is 22.4 Å². The Kier molecular flexibility index (Phi) is 5.90. The topological polar surface area (TPSA) is 95.2 Å². The Morgan fingerprint density at radius 1 is 1.16 bits per heavy atom. The van der Waals surface area contributed by atoms with Gasteiger partial charge in [0, 0.05) is 63.3 Å². The molecule has 7 nitrogen and oxygen atoms in total. The summed E-state index contributed by atoms with van der Waals surface area (Å²) in [6, 6.07) is 13.6. The second kappa shape index (κ2) is 8.78. The van der Waals surface area contributed by atoms with Crippen molar-refractivity contribution in [3.8, 4) is 11.3 Å².